The number of nitrogens with zero attached hydrogens (tertiary/aromatic N) is 1. The summed E-state index contributed by atoms with van der Waals surface area (Å²) in [5.74, 6) is 0. The van der Waals surface area contributed by atoms with Gasteiger partial charge in [0.2, 0.25) is 0 Å². The number of rotatable bonds is 1. The molecule has 0 spiro atoms. The molecule has 3 heteroatoms. The number of aliphatic hydroxyl groups is 1. The fourth-order valence-electron chi connectivity index (χ4n) is 1.80. The maximum absolute atomic E-state index is 9.53. The van der Waals surface area contributed by atoms with Crippen LogP contribution in [0.25, 0.3) is 0 Å². The van der Waals surface area contributed by atoms with Crippen LogP contribution in [0.15, 0.2) is 24.3 Å². The zero-order chi connectivity index (χ0) is 9.42. The summed E-state index contributed by atoms with van der Waals surface area (Å²) in [6, 6.07) is 7.79. The molecular weight excluding hydrogens is 186 g/mol. The zero-order valence-corrected chi connectivity index (χ0v) is 8.20. The first-order chi connectivity index (χ1) is 6.18. The van der Waals surface area contributed by atoms with E-state index < -0.39 is 0 Å². The van der Waals surface area contributed by atoms with Crippen molar-refractivity contribution in [3.05, 3.63) is 34.9 Å². The lowest BCUT2D eigenvalue weighted by atomic mass is 9.93. The Morgan fingerprint density at radius 3 is 2.46 bits per heavy atom. The van der Waals surface area contributed by atoms with Gasteiger partial charge in [-0.05, 0) is 24.7 Å². The lowest BCUT2D eigenvalue weighted by Gasteiger charge is -2.43. The molecule has 1 heterocycles. The molecule has 2 rings (SSSR count). The number of likely N-dealkylation sites (N-methyl/N-ethyl adjacent to an activating group) is 1. The highest BCUT2D eigenvalue weighted by Crippen LogP contribution is 2.32. The van der Waals surface area contributed by atoms with Gasteiger partial charge in [-0.15, -0.1) is 0 Å². The fraction of sp³-hybridized carbons (Fsp3) is 0.400. The summed E-state index contributed by atoms with van der Waals surface area (Å²) >= 11 is 5.77. The molecule has 2 atom stereocenters. The van der Waals surface area contributed by atoms with Crippen molar-refractivity contribution in [1.82, 2.24) is 4.90 Å². The molecule has 0 aliphatic carbocycles. The molecule has 0 saturated carbocycles. The molecule has 0 amide bonds. The summed E-state index contributed by atoms with van der Waals surface area (Å²) in [4.78, 5) is 2.12. The zero-order valence-electron chi connectivity index (χ0n) is 7.44. The van der Waals surface area contributed by atoms with Crippen molar-refractivity contribution in [2.75, 3.05) is 13.6 Å². The summed E-state index contributed by atoms with van der Waals surface area (Å²) in [6.45, 7) is 0.757. The van der Waals surface area contributed by atoms with Crippen LogP contribution in [0.4, 0.5) is 0 Å². The number of hydrogen-bond donors (Lipinski definition) is 1. The maximum Gasteiger partial charge on any atom is 0.0863 e. The molecule has 2 unspecified atom stereocenters. The number of halogens is 1. The number of β-amino-alcohol motifs (C(OH)–C–C–N with tert-alkyl or cyclic N) is 1. The Morgan fingerprint density at radius 1 is 1.38 bits per heavy atom. The fourth-order valence-corrected chi connectivity index (χ4v) is 1.93. The summed E-state index contributed by atoms with van der Waals surface area (Å²) in [6.07, 6.45) is -0.230. The highest BCUT2D eigenvalue weighted by atomic mass is 35.5. The van der Waals surface area contributed by atoms with Crippen molar-refractivity contribution in [3.63, 3.8) is 0 Å². The van der Waals surface area contributed by atoms with Gasteiger partial charge in [0.1, 0.15) is 0 Å². The van der Waals surface area contributed by atoms with Crippen LogP contribution in [0.1, 0.15) is 11.6 Å². The first-order valence-electron chi connectivity index (χ1n) is 4.32. The van der Waals surface area contributed by atoms with E-state index >= 15 is 0 Å². The third-order valence-electron chi connectivity index (χ3n) is 2.53. The molecule has 1 saturated heterocycles. The van der Waals surface area contributed by atoms with E-state index in [2.05, 4.69) is 4.90 Å². The summed E-state index contributed by atoms with van der Waals surface area (Å²) in [5, 5.41) is 10.3. The molecule has 13 heavy (non-hydrogen) atoms. The van der Waals surface area contributed by atoms with Crippen LogP contribution in [0.5, 0.6) is 0 Å². The van der Waals surface area contributed by atoms with Gasteiger partial charge in [0.25, 0.3) is 0 Å². The largest absolute Gasteiger partial charge is 0.390 e. The molecule has 70 valence electrons. The highest BCUT2D eigenvalue weighted by molar-refractivity contribution is 6.30. The normalized spacial score (nSPS) is 28.5. The quantitative estimate of drug-likeness (QED) is 0.741. The third-order valence-corrected chi connectivity index (χ3v) is 2.78. The van der Waals surface area contributed by atoms with Gasteiger partial charge < -0.3 is 5.11 Å². The maximum atomic E-state index is 9.53. The topological polar surface area (TPSA) is 23.5 Å². The van der Waals surface area contributed by atoms with Crippen molar-refractivity contribution >= 4 is 11.6 Å². The van der Waals surface area contributed by atoms with Crippen LogP contribution in [-0.2, 0) is 0 Å². The van der Waals surface area contributed by atoms with Crippen LogP contribution < -0.4 is 0 Å². The van der Waals surface area contributed by atoms with E-state index in [0.29, 0.717) is 0 Å². The van der Waals surface area contributed by atoms with E-state index in [4.69, 9.17) is 11.6 Å². The highest BCUT2D eigenvalue weighted by Gasteiger charge is 2.35. The Hall–Kier alpha value is -0.570. The van der Waals surface area contributed by atoms with E-state index in [1.807, 2.05) is 31.3 Å². The van der Waals surface area contributed by atoms with Gasteiger partial charge >= 0.3 is 0 Å². The van der Waals surface area contributed by atoms with Crippen LogP contribution in [0, 0.1) is 0 Å². The lowest BCUT2D eigenvalue weighted by Crippen LogP contribution is -2.51. The van der Waals surface area contributed by atoms with Crippen LogP contribution >= 0.6 is 11.6 Å². The molecule has 0 radical (unpaired) electrons. The summed E-state index contributed by atoms with van der Waals surface area (Å²) in [7, 11) is 2.01. The number of likely N-dealkylation sites (tertiary alicyclic amines) is 1. The Labute approximate surface area is 82.7 Å². The number of hydrogen-bond acceptors (Lipinski definition) is 2. The SMILES string of the molecule is CN1CC(O)C1c1ccc(Cl)cc1. The molecular formula is C10H12ClNO. The van der Waals surface area contributed by atoms with Crippen LogP contribution in [0.2, 0.25) is 5.02 Å². The Balaban J connectivity index is 2.21. The lowest BCUT2D eigenvalue weighted by molar-refractivity contribution is -0.0468. The molecule has 1 aliphatic rings. The van der Waals surface area contributed by atoms with Gasteiger partial charge in [-0.25, -0.2) is 0 Å². The van der Waals surface area contributed by atoms with Gasteiger partial charge in [0.15, 0.2) is 0 Å². The van der Waals surface area contributed by atoms with Crippen LogP contribution in [-0.4, -0.2) is 29.7 Å². The number of aliphatic hydroxyl groups excluding tert-OH is 1. The van der Waals surface area contributed by atoms with Crippen molar-refractivity contribution < 1.29 is 5.11 Å². The molecule has 1 aromatic rings. The molecule has 0 aromatic heterocycles. The third kappa shape index (κ3) is 1.57. The van der Waals surface area contributed by atoms with E-state index in [1.54, 1.807) is 0 Å². The average molecular weight is 198 g/mol. The predicted molar refractivity (Wildman–Crippen MR) is 52.8 cm³/mol. The van der Waals surface area contributed by atoms with Crippen molar-refractivity contribution in [3.8, 4) is 0 Å². The number of benzene rings is 1. The van der Waals surface area contributed by atoms with Gasteiger partial charge in [0, 0.05) is 11.6 Å². The average Bonchev–Trinajstić information content (AvgIpc) is 2.09. The molecule has 1 N–H and O–H groups in total. The predicted octanol–water partition coefficient (Wildman–Crippen LogP) is 1.69. The monoisotopic (exact) mass is 197 g/mol. The summed E-state index contributed by atoms with van der Waals surface area (Å²) in [5.41, 5.74) is 1.13. The van der Waals surface area contributed by atoms with Crippen molar-refractivity contribution in [1.29, 1.82) is 0 Å². The molecule has 1 aliphatic heterocycles. The Kier molecular flexibility index (Phi) is 2.28. The second-order valence-electron chi connectivity index (χ2n) is 3.50. The smallest absolute Gasteiger partial charge is 0.0863 e. The van der Waals surface area contributed by atoms with Crippen molar-refractivity contribution in [2.45, 2.75) is 12.1 Å². The second-order valence-corrected chi connectivity index (χ2v) is 3.94. The van der Waals surface area contributed by atoms with Gasteiger partial charge in [-0.2, -0.15) is 0 Å². The van der Waals surface area contributed by atoms with Gasteiger partial charge in [-0.3, -0.25) is 4.90 Å². The molecule has 1 fully saturated rings. The second kappa shape index (κ2) is 3.29. The minimum Gasteiger partial charge on any atom is -0.390 e. The first-order valence-corrected chi connectivity index (χ1v) is 4.70. The molecule has 0 bridgehead atoms. The molecule has 1 aromatic carbocycles. The van der Waals surface area contributed by atoms with Crippen LogP contribution in [0.3, 0.4) is 0 Å². The van der Waals surface area contributed by atoms with Crippen molar-refractivity contribution in [2.24, 2.45) is 0 Å². The van der Waals surface area contributed by atoms with Gasteiger partial charge in [0.05, 0.1) is 12.1 Å². The Morgan fingerprint density at radius 2 is 2.00 bits per heavy atom. The molecule has 2 nitrogen and oxygen atoms in total. The summed E-state index contributed by atoms with van der Waals surface area (Å²) < 4.78 is 0. The minimum atomic E-state index is -0.230. The minimum absolute atomic E-state index is 0.150. The van der Waals surface area contributed by atoms with Gasteiger partial charge in [-0.1, -0.05) is 23.7 Å². The van der Waals surface area contributed by atoms with E-state index in [1.165, 1.54) is 0 Å². The first kappa shape index (κ1) is 9.00. The Bertz CT molecular complexity index is 290. The van der Waals surface area contributed by atoms with E-state index in [9.17, 15) is 5.11 Å². The standard InChI is InChI=1S/C10H12ClNO/c1-12-6-9(13)10(12)7-2-4-8(11)5-3-7/h2-5,9-10,13H,6H2,1H3. The van der Waals surface area contributed by atoms with E-state index in [-0.39, 0.29) is 12.1 Å². The van der Waals surface area contributed by atoms with E-state index in [0.717, 1.165) is 17.1 Å².